The molecule has 0 amide bonds. The third kappa shape index (κ3) is 2.52. The molecule has 7 heteroatoms. The Morgan fingerprint density at radius 3 is 2.50 bits per heavy atom. The zero-order valence-corrected chi connectivity index (χ0v) is 11.5. The molecular formula is C13H18BF2NO3. The largest absolute Gasteiger partial charge is 0.497 e. The minimum Gasteiger partial charge on any atom is -0.495 e. The molecule has 0 saturated carbocycles. The van der Waals surface area contributed by atoms with Crippen LogP contribution >= 0.6 is 0 Å². The average Bonchev–Trinajstić information content (AvgIpc) is 2.60. The van der Waals surface area contributed by atoms with E-state index in [0.717, 1.165) is 0 Å². The van der Waals surface area contributed by atoms with Gasteiger partial charge in [-0.3, -0.25) is 4.98 Å². The van der Waals surface area contributed by atoms with Gasteiger partial charge in [0.05, 0.1) is 31.3 Å². The first-order chi connectivity index (χ1) is 11.5. The summed E-state index contributed by atoms with van der Waals surface area (Å²) in [5, 5.41) is 0. The maximum atomic E-state index is 13.8. The van der Waals surface area contributed by atoms with E-state index in [1.807, 2.05) is 0 Å². The molecule has 2 heterocycles. The number of halogens is 2. The highest BCUT2D eigenvalue weighted by Crippen LogP contribution is 2.37. The highest BCUT2D eigenvalue weighted by Gasteiger charge is 2.52. The van der Waals surface area contributed by atoms with Crippen molar-refractivity contribution in [1.29, 1.82) is 0 Å². The quantitative estimate of drug-likeness (QED) is 0.801. The summed E-state index contributed by atoms with van der Waals surface area (Å²) in [7, 11) is -4.53. The van der Waals surface area contributed by atoms with Crippen molar-refractivity contribution in [3.8, 4) is 5.75 Å². The summed E-state index contributed by atoms with van der Waals surface area (Å²) >= 11 is 0. The fraction of sp³-hybridized carbons (Fsp3) is 0.615. The van der Waals surface area contributed by atoms with E-state index in [-0.39, 0.29) is 0 Å². The molecule has 0 spiro atoms. The molecule has 110 valence electrons. The lowest BCUT2D eigenvalue weighted by atomic mass is 9.77. The van der Waals surface area contributed by atoms with Gasteiger partial charge < -0.3 is 14.0 Å². The molecule has 0 atom stereocenters. The number of ether oxygens (including phenoxy) is 1. The van der Waals surface area contributed by atoms with E-state index in [0.29, 0.717) is 0 Å². The maximum absolute atomic E-state index is 13.8. The van der Waals surface area contributed by atoms with Crippen LogP contribution in [0.3, 0.4) is 0 Å². The Morgan fingerprint density at radius 1 is 1.40 bits per heavy atom. The van der Waals surface area contributed by atoms with Crippen LogP contribution in [-0.4, -0.2) is 30.3 Å². The fourth-order valence-corrected chi connectivity index (χ4v) is 1.70. The summed E-state index contributed by atoms with van der Waals surface area (Å²) in [6.45, 7) is 6.62. The summed E-state index contributed by atoms with van der Waals surface area (Å²) < 4.78 is 87.4. The first-order valence-corrected chi connectivity index (χ1v) is 5.90. The number of aromatic nitrogens is 1. The molecule has 0 aromatic carbocycles. The van der Waals surface area contributed by atoms with Crippen molar-refractivity contribution in [3.63, 3.8) is 0 Å². The van der Waals surface area contributed by atoms with Gasteiger partial charge in [0.15, 0.2) is 0 Å². The number of pyridine rings is 1. The minimum absolute atomic E-state index is 0.640. The van der Waals surface area contributed by atoms with Gasteiger partial charge in [-0.1, -0.05) is 0 Å². The fourth-order valence-electron chi connectivity index (χ4n) is 1.70. The Morgan fingerprint density at radius 2 is 2.00 bits per heavy atom. The summed E-state index contributed by atoms with van der Waals surface area (Å²) in [6, 6.07) is -0.846. The van der Waals surface area contributed by atoms with E-state index in [9.17, 15) is 8.78 Å². The first kappa shape index (κ1) is 8.94. The molecule has 1 saturated heterocycles. The second-order valence-electron chi connectivity index (χ2n) is 5.39. The van der Waals surface area contributed by atoms with E-state index in [2.05, 4.69) is 9.72 Å². The van der Waals surface area contributed by atoms with Crippen LogP contribution in [0.1, 0.15) is 48.0 Å². The zero-order valence-electron chi connectivity index (χ0n) is 17.5. The van der Waals surface area contributed by atoms with Crippen LogP contribution in [0.5, 0.6) is 5.75 Å². The predicted molar refractivity (Wildman–Crippen MR) is 71.5 cm³/mol. The predicted octanol–water partition coefficient (Wildman–Crippen LogP) is 2.33. The van der Waals surface area contributed by atoms with Crippen LogP contribution in [0.15, 0.2) is 12.2 Å². The maximum Gasteiger partial charge on any atom is 0.497 e. The molecule has 0 aliphatic carbocycles. The van der Waals surface area contributed by atoms with Crippen LogP contribution in [0.25, 0.3) is 0 Å². The summed E-state index contributed by atoms with van der Waals surface area (Å²) in [6.07, 6.45) is -5.25. The van der Waals surface area contributed by atoms with Crippen LogP contribution in [0.2, 0.25) is 0 Å². The van der Waals surface area contributed by atoms with Gasteiger partial charge in [0.2, 0.25) is 0 Å². The van der Waals surface area contributed by atoms with Gasteiger partial charge in [0, 0.05) is 5.46 Å². The van der Waals surface area contributed by atoms with Crippen LogP contribution < -0.4 is 10.2 Å². The Bertz CT molecular complexity index is 707. The molecule has 0 N–H and O–H groups in total. The number of nitrogens with zero attached hydrogens (tertiary/aromatic N) is 1. The van der Waals surface area contributed by atoms with E-state index in [1.165, 1.54) is 0 Å². The van der Waals surface area contributed by atoms with Gasteiger partial charge in [-0.25, -0.2) is 8.78 Å². The normalized spacial score (nSPS) is 26.0. The lowest BCUT2D eigenvalue weighted by molar-refractivity contribution is 0.00578. The molecule has 0 radical (unpaired) electrons. The van der Waals surface area contributed by atoms with Gasteiger partial charge in [-0.2, -0.15) is 0 Å². The average molecular weight is 291 g/mol. The van der Waals surface area contributed by atoms with Crippen LogP contribution in [0.4, 0.5) is 8.78 Å². The SMILES string of the molecule is [2H]c1nc(C([2H])(F)F)c(B2OC(C)(C)C(C)(C)O2)c([2H])c1OC([2H])([2H])[2H]. The van der Waals surface area contributed by atoms with Crippen molar-refractivity contribution in [2.45, 2.75) is 45.3 Å². The third-order valence-electron chi connectivity index (χ3n) is 3.54. The van der Waals surface area contributed by atoms with Gasteiger partial charge in [-0.15, -0.1) is 0 Å². The molecule has 2 rings (SSSR count). The lowest BCUT2D eigenvalue weighted by Crippen LogP contribution is -2.41. The molecule has 1 aliphatic heterocycles. The standard InChI is InChI=1S/C13H18BF2NO3/c1-12(2)13(3,4)20-14(19-12)9-6-8(18-5)7-17-10(9)11(15)16/h6-7,11H,1-5H3/i5D3,6D,7D,11D. The van der Waals surface area contributed by atoms with Crippen molar-refractivity contribution in [1.82, 2.24) is 4.98 Å². The lowest BCUT2D eigenvalue weighted by Gasteiger charge is -2.32. The molecule has 1 aromatic rings. The molecule has 0 unspecified atom stereocenters. The summed E-state index contributed by atoms with van der Waals surface area (Å²) in [4.78, 5) is 3.30. The molecule has 1 aliphatic rings. The molecule has 20 heavy (non-hydrogen) atoms. The second kappa shape index (κ2) is 4.97. The van der Waals surface area contributed by atoms with Crippen molar-refractivity contribution < 1.29 is 31.1 Å². The monoisotopic (exact) mass is 291 g/mol. The Balaban J connectivity index is 2.68. The second-order valence-corrected chi connectivity index (χ2v) is 5.39. The van der Waals surface area contributed by atoms with Crippen molar-refractivity contribution in [2.24, 2.45) is 0 Å². The minimum atomic E-state index is -4.26. The van der Waals surface area contributed by atoms with E-state index in [4.69, 9.17) is 17.5 Å². The molecular weight excluding hydrogens is 267 g/mol. The van der Waals surface area contributed by atoms with Gasteiger partial charge >= 0.3 is 7.12 Å². The van der Waals surface area contributed by atoms with E-state index < -0.39 is 60.9 Å². The van der Waals surface area contributed by atoms with E-state index >= 15 is 0 Å². The number of hydrogen-bond acceptors (Lipinski definition) is 4. The summed E-state index contributed by atoms with van der Waals surface area (Å²) in [5.41, 5.74) is -3.74. The topological polar surface area (TPSA) is 40.6 Å². The Kier molecular flexibility index (Phi) is 2.22. The third-order valence-corrected chi connectivity index (χ3v) is 3.54. The first-order valence-electron chi connectivity index (χ1n) is 8.90. The molecule has 4 nitrogen and oxygen atoms in total. The molecule has 1 fully saturated rings. The van der Waals surface area contributed by atoms with Gasteiger partial charge in [-0.05, 0) is 33.7 Å². The number of methoxy groups -OCH3 is 1. The van der Waals surface area contributed by atoms with Gasteiger partial charge in [0.1, 0.15) is 12.8 Å². The van der Waals surface area contributed by atoms with Crippen molar-refractivity contribution in [3.05, 3.63) is 17.9 Å². The van der Waals surface area contributed by atoms with Crippen LogP contribution in [-0.2, 0) is 9.31 Å². The number of alkyl halides is 2. The van der Waals surface area contributed by atoms with Crippen molar-refractivity contribution in [2.75, 3.05) is 7.04 Å². The smallest absolute Gasteiger partial charge is 0.495 e. The highest BCUT2D eigenvalue weighted by molar-refractivity contribution is 6.62. The molecule has 1 aromatic heterocycles. The van der Waals surface area contributed by atoms with Gasteiger partial charge in [0.25, 0.3) is 6.40 Å². The van der Waals surface area contributed by atoms with E-state index in [1.54, 1.807) is 27.7 Å². The highest BCUT2D eigenvalue weighted by atomic mass is 19.3. The Labute approximate surface area is 126 Å². The Hall–Kier alpha value is -1.21. The number of rotatable bonds is 3. The number of hydrogen-bond donors (Lipinski definition) is 0. The summed E-state index contributed by atoms with van der Waals surface area (Å²) in [5.74, 6) is -0.817. The molecule has 0 bridgehead atoms. The van der Waals surface area contributed by atoms with Crippen molar-refractivity contribution >= 4 is 12.6 Å². The van der Waals surface area contributed by atoms with Crippen LogP contribution in [0, 0.1) is 0 Å². The zero-order chi connectivity index (χ0) is 20.3.